The van der Waals surface area contributed by atoms with Crippen LogP contribution >= 0.6 is 45.2 Å². The van der Waals surface area contributed by atoms with Crippen molar-refractivity contribution in [2.75, 3.05) is 0 Å². The van der Waals surface area contributed by atoms with Gasteiger partial charge < -0.3 is 14.6 Å². The molecule has 0 aliphatic heterocycles. The molecule has 2 aromatic rings. The second kappa shape index (κ2) is 10.9. The standard InChI is InChI=1S/C21H20I2O6/c1-12(22)20(26)28-16-7-3-14(4-8-16)18(11-19(24)25)15-5-9-17(10-6-15)29-21(27)13(2)23/h3-10,12-13,18H,11H2,1-2H3,(H,24,25). The number of carbonyl (C=O) groups excluding carboxylic acids is 2. The molecule has 2 atom stereocenters. The average molecular weight is 622 g/mol. The van der Waals surface area contributed by atoms with Gasteiger partial charge >= 0.3 is 17.9 Å². The van der Waals surface area contributed by atoms with E-state index in [0.717, 1.165) is 11.1 Å². The first-order valence-electron chi connectivity index (χ1n) is 8.80. The topological polar surface area (TPSA) is 89.9 Å². The van der Waals surface area contributed by atoms with Crippen LogP contribution in [0.25, 0.3) is 0 Å². The Kier molecular flexibility index (Phi) is 8.87. The largest absolute Gasteiger partial charge is 0.481 e. The van der Waals surface area contributed by atoms with Gasteiger partial charge in [-0.25, -0.2) is 0 Å². The van der Waals surface area contributed by atoms with Gasteiger partial charge in [0, 0.05) is 5.92 Å². The second-order valence-electron chi connectivity index (χ2n) is 6.36. The lowest BCUT2D eigenvalue weighted by Crippen LogP contribution is -2.17. The number of halogens is 2. The lowest BCUT2D eigenvalue weighted by Gasteiger charge is -2.17. The van der Waals surface area contributed by atoms with Crippen molar-refractivity contribution in [2.24, 2.45) is 0 Å². The van der Waals surface area contributed by atoms with Gasteiger partial charge in [-0.1, -0.05) is 69.4 Å². The molecule has 0 amide bonds. The van der Waals surface area contributed by atoms with E-state index < -0.39 is 11.9 Å². The molecule has 6 nitrogen and oxygen atoms in total. The van der Waals surface area contributed by atoms with Gasteiger partial charge in [0.15, 0.2) is 0 Å². The molecule has 29 heavy (non-hydrogen) atoms. The number of hydrogen-bond donors (Lipinski definition) is 1. The predicted molar refractivity (Wildman–Crippen MR) is 125 cm³/mol. The van der Waals surface area contributed by atoms with Crippen LogP contribution in [-0.4, -0.2) is 30.9 Å². The number of carboxylic acids is 1. The quantitative estimate of drug-likeness (QED) is 0.198. The van der Waals surface area contributed by atoms with E-state index in [-0.39, 0.29) is 26.2 Å². The van der Waals surface area contributed by atoms with Crippen molar-refractivity contribution in [3.8, 4) is 11.5 Å². The highest BCUT2D eigenvalue weighted by atomic mass is 127. The zero-order valence-corrected chi connectivity index (χ0v) is 20.1. The molecule has 2 rings (SSSR count). The van der Waals surface area contributed by atoms with Gasteiger partial charge in [-0.15, -0.1) is 0 Å². The Bertz CT molecular complexity index is 794. The van der Waals surface area contributed by atoms with E-state index in [0.29, 0.717) is 11.5 Å². The molecular weight excluding hydrogens is 602 g/mol. The van der Waals surface area contributed by atoms with Gasteiger partial charge in [0.2, 0.25) is 0 Å². The Morgan fingerprint density at radius 3 is 1.41 bits per heavy atom. The number of benzene rings is 2. The molecule has 8 heteroatoms. The third kappa shape index (κ3) is 7.25. The predicted octanol–water partition coefficient (Wildman–Crippen LogP) is 4.75. The number of rotatable bonds is 8. The highest BCUT2D eigenvalue weighted by molar-refractivity contribution is 14.1. The lowest BCUT2D eigenvalue weighted by molar-refractivity contribution is -0.137. The Labute approximate surface area is 196 Å². The van der Waals surface area contributed by atoms with Crippen molar-refractivity contribution in [1.29, 1.82) is 0 Å². The summed E-state index contributed by atoms with van der Waals surface area (Å²) in [4.78, 5) is 34.8. The van der Waals surface area contributed by atoms with E-state index in [1.165, 1.54) is 0 Å². The van der Waals surface area contributed by atoms with E-state index in [4.69, 9.17) is 9.47 Å². The molecule has 154 valence electrons. The molecule has 0 heterocycles. The number of hydrogen-bond acceptors (Lipinski definition) is 5. The minimum Gasteiger partial charge on any atom is -0.481 e. The molecule has 0 spiro atoms. The number of ether oxygens (including phenoxy) is 2. The molecule has 0 saturated heterocycles. The van der Waals surface area contributed by atoms with Crippen molar-refractivity contribution < 1.29 is 29.0 Å². The van der Waals surface area contributed by atoms with Crippen LogP contribution in [0.5, 0.6) is 11.5 Å². The fourth-order valence-corrected chi connectivity index (χ4v) is 2.79. The maximum absolute atomic E-state index is 11.7. The van der Waals surface area contributed by atoms with Crippen LogP contribution in [0.2, 0.25) is 0 Å². The van der Waals surface area contributed by atoms with Crippen molar-refractivity contribution in [3.63, 3.8) is 0 Å². The summed E-state index contributed by atoms with van der Waals surface area (Å²) in [5.74, 6) is -1.19. The second-order valence-corrected chi connectivity index (χ2v) is 10.1. The summed E-state index contributed by atoms with van der Waals surface area (Å²) in [6, 6.07) is 13.6. The van der Waals surface area contributed by atoms with Crippen molar-refractivity contribution in [2.45, 2.75) is 34.0 Å². The average Bonchev–Trinajstić information content (AvgIpc) is 2.67. The Hall–Kier alpha value is -1.69. The normalized spacial score (nSPS) is 13.8. The summed E-state index contributed by atoms with van der Waals surface area (Å²) < 4.78 is 9.98. The highest BCUT2D eigenvalue weighted by Crippen LogP contribution is 2.31. The molecule has 0 saturated carbocycles. The van der Waals surface area contributed by atoms with Crippen molar-refractivity contribution in [1.82, 2.24) is 0 Å². The molecule has 0 radical (unpaired) electrons. The number of alkyl halides is 2. The number of esters is 2. The third-order valence-corrected chi connectivity index (χ3v) is 5.05. The molecule has 0 aliphatic rings. The van der Waals surface area contributed by atoms with Crippen LogP contribution in [0.3, 0.4) is 0 Å². The Morgan fingerprint density at radius 1 is 0.793 bits per heavy atom. The van der Waals surface area contributed by atoms with Gasteiger partial charge in [-0.2, -0.15) is 0 Å². The fraction of sp³-hybridized carbons (Fsp3) is 0.286. The molecule has 1 N–H and O–H groups in total. The van der Waals surface area contributed by atoms with Gasteiger partial charge in [-0.3, -0.25) is 14.4 Å². The fourth-order valence-electron chi connectivity index (χ4n) is 2.53. The summed E-state index contributed by atoms with van der Waals surface area (Å²) >= 11 is 3.95. The maximum atomic E-state index is 11.7. The Balaban J connectivity index is 2.22. The zero-order valence-electron chi connectivity index (χ0n) is 15.8. The van der Waals surface area contributed by atoms with Gasteiger partial charge in [-0.05, 0) is 49.2 Å². The van der Waals surface area contributed by atoms with Crippen LogP contribution in [0.15, 0.2) is 48.5 Å². The van der Waals surface area contributed by atoms with Gasteiger partial charge in [0.25, 0.3) is 0 Å². The summed E-state index contributed by atoms with van der Waals surface area (Å²) in [7, 11) is 0. The molecule has 0 aromatic heterocycles. The molecule has 0 aliphatic carbocycles. The number of carboxylic acid groups (broad SMARTS) is 1. The molecule has 0 fully saturated rings. The number of aliphatic carboxylic acids is 1. The Morgan fingerprint density at radius 2 is 1.14 bits per heavy atom. The highest BCUT2D eigenvalue weighted by Gasteiger charge is 2.19. The molecular formula is C21H20I2O6. The molecule has 2 unspecified atom stereocenters. The van der Waals surface area contributed by atoms with Gasteiger partial charge in [0.1, 0.15) is 19.3 Å². The summed E-state index contributed by atoms with van der Waals surface area (Å²) in [5, 5.41) is 9.34. The zero-order chi connectivity index (χ0) is 21.6. The minimum absolute atomic E-state index is 0.103. The molecule has 2 aromatic carbocycles. The van der Waals surface area contributed by atoms with Crippen molar-refractivity contribution >= 4 is 63.1 Å². The number of carbonyl (C=O) groups is 3. The first-order chi connectivity index (χ1) is 13.7. The van der Waals surface area contributed by atoms with Crippen LogP contribution in [0.1, 0.15) is 37.3 Å². The maximum Gasteiger partial charge on any atom is 0.323 e. The van der Waals surface area contributed by atoms with E-state index in [1.807, 2.05) is 45.2 Å². The summed E-state index contributed by atoms with van der Waals surface area (Å²) in [5.41, 5.74) is 1.56. The monoisotopic (exact) mass is 622 g/mol. The van der Waals surface area contributed by atoms with E-state index in [2.05, 4.69) is 0 Å². The first kappa shape index (κ1) is 23.6. The van der Waals surface area contributed by atoms with Crippen LogP contribution < -0.4 is 9.47 Å². The lowest BCUT2D eigenvalue weighted by atomic mass is 9.88. The summed E-state index contributed by atoms with van der Waals surface area (Å²) in [6.45, 7) is 3.48. The van der Waals surface area contributed by atoms with Crippen LogP contribution in [0.4, 0.5) is 0 Å². The van der Waals surface area contributed by atoms with Crippen LogP contribution in [-0.2, 0) is 14.4 Å². The smallest absolute Gasteiger partial charge is 0.323 e. The van der Waals surface area contributed by atoms with Gasteiger partial charge in [0.05, 0.1) is 6.42 Å². The van der Waals surface area contributed by atoms with Crippen molar-refractivity contribution in [3.05, 3.63) is 59.7 Å². The molecule has 0 bridgehead atoms. The minimum atomic E-state index is -0.932. The van der Waals surface area contributed by atoms with E-state index in [1.54, 1.807) is 62.4 Å². The summed E-state index contributed by atoms with van der Waals surface area (Å²) in [6.07, 6.45) is -0.103. The van der Waals surface area contributed by atoms with Crippen LogP contribution in [0, 0.1) is 0 Å². The van der Waals surface area contributed by atoms with E-state index >= 15 is 0 Å². The van der Waals surface area contributed by atoms with E-state index in [9.17, 15) is 19.5 Å². The third-order valence-electron chi connectivity index (χ3n) is 4.03. The first-order valence-corrected chi connectivity index (χ1v) is 11.3. The SMILES string of the molecule is CC(I)C(=O)Oc1ccc(C(CC(=O)O)c2ccc(OC(=O)C(C)I)cc2)cc1.